The lowest BCUT2D eigenvalue weighted by atomic mass is 9.77. The first-order valence-corrected chi connectivity index (χ1v) is 6.70. The van der Waals surface area contributed by atoms with Crippen LogP contribution in [-0.2, 0) is 19.6 Å². The molecule has 1 aliphatic rings. The fraction of sp³-hybridized carbons (Fsp3) is 1.00. The number of hydrogen-bond acceptors (Lipinski definition) is 8. The summed E-state index contributed by atoms with van der Waals surface area (Å²) in [5.41, 5.74) is 0. The summed E-state index contributed by atoms with van der Waals surface area (Å²) in [7, 11) is 0. The molecule has 0 amide bonds. The van der Waals surface area contributed by atoms with Crippen LogP contribution in [0.15, 0.2) is 0 Å². The van der Waals surface area contributed by atoms with E-state index in [1.165, 1.54) is 13.8 Å². The Bertz CT molecular complexity index is 241. The zero-order chi connectivity index (χ0) is 15.2. The minimum absolute atomic E-state index is 0.242. The second-order valence-electron chi connectivity index (χ2n) is 5.93. The smallest absolute Gasteiger partial charge is 0.230 e. The van der Waals surface area contributed by atoms with E-state index in [0.29, 0.717) is 12.8 Å². The lowest BCUT2D eigenvalue weighted by molar-refractivity contribution is -0.485. The molecule has 1 rings (SSSR count). The quantitative estimate of drug-likeness (QED) is 0.307. The van der Waals surface area contributed by atoms with Gasteiger partial charge in [-0.2, -0.15) is 0 Å². The molecule has 0 spiro atoms. The van der Waals surface area contributed by atoms with E-state index in [1.54, 1.807) is 0 Å². The van der Waals surface area contributed by atoms with Gasteiger partial charge < -0.3 is 0 Å². The number of rotatable bonds is 8. The first-order valence-electron chi connectivity index (χ1n) is 6.70. The molecule has 0 aliphatic heterocycles. The molecule has 0 aromatic rings. The normalized spacial score (nSPS) is 24.9. The van der Waals surface area contributed by atoms with Crippen molar-refractivity contribution in [2.75, 3.05) is 0 Å². The van der Waals surface area contributed by atoms with Crippen molar-refractivity contribution in [1.29, 1.82) is 0 Å². The summed E-state index contributed by atoms with van der Waals surface area (Å²) in [6.07, 6.45) is 4.13. The molecule has 20 heavy (non-hydrogen) atoms. The van der Waals surface area contributed by atoms with E-state index in [0.717, 1.165) is 25.7 Å². The molecule has 0 radical (unpaired) electrons. The molecule has 8 nitrogen and oxygen atoms in total. The summed E-state index contributed by atoms with van der Waals surface area (Å²) in [4.78, 5) is 16.6. The third-order valence-corrected chi connectivity index (χ3v) is 4.06. The van der Waals surface area contributed by atoms with Crippen molar-refractivity contribution >= 4 is 0 Å². The largest absolute Gasteiger partial charge is 0.249 e. The molecule has 0 bridgehead atoms. The van der Waals surface area contributed by atoms with Crippen molar-refractivity contribution < 1.29 is 40.6 Å². The fourth-order valence-electron chi connectivity index (χ4n) is 2.87. The molecular weight excluding hydrogens is 272 g/mol. The monoisotopic (exact) mass is 296 g/mol. The summed E-state index contributed by atoms with van der Waals surface area (Å²) in [6, 6.07) is 0. The second kappa shape index (κ2) is 7.62. The Morgan fingerprint density at radius 2 is 0.950 bits per heavy atom. The van der Waals surface area contributed by atoms with Gasteiger partial charge in [0.25, 0.3) is 0 Å². The van der Waals surface area contributed by atoms with Crippen LogP contribution in [0, 0.1) is 11.8 Å². The number of hydrogen-bond donors (Lipinski definition) is 4. The Balaban J connectivity index is 2.40. The van der Waals surface area contributed by atoms with E-state index in [1.807, 2.05) is 0 Å². The van der Waals surface area contributed by atoms with Gasteiger partial charge in [-0.15, -0.1) is 0 Å². The Kier molecular flexibility index (Phi) is 6.76. The Hall–Kier alpha value is -0.320. The van der Waals surface area contributed by atoms with Crippen molar-refractivity contribution in [3.05, 3.63) is 0 Å². The van der Waals surface area contributed by atoms with E-state index in [9.17, 15) is 0 Å². The molecule has 4 N–H and O–H groups in total. The Morgan fingerprint density at radius 1 is 0.700 bits per heavy atom. The predicted octanol–water partition coefficient (Wildman–Crippen LogP) is 2.96. The van der Waals surface area contributed by atoms with Crippen LogP contribution >= 0.6 is 0 Å². The standard InChI is InChI=1S/C12H24O8/c1-11(17-13,18-14)7-9-3-5-10(6-4-9)8-12(2,19-15)20-16/h9-10,13-16H,3-8H2,1-2H3. The third-order valence-electron chi connectivity index (χ3n) is 4.06. The van der Waals surface area contributed by atoms with Gasteiger partial charge in [0.2, 0.25) is 11.6 Å². The molecule has 1 fully saturated rings. The van der Waals surface area contributed by atoms with E-state index in [4.69, 9.17) is 21.0 Å². The molecule has 1 saturated carbocycles. The van der Waals surface area contributed by atoms with Gasteiger partial charge in [0.05, 0.1) is 0 Å². The van der Waals surface area contributed by atoms with E-state index in [2.05, 4.69) is 19.6 Å². The lowest BCUT2D eigenvalue weighted by Gasteiger charge is -2.34. The molecule has 0 atom stereocenters. The van der Waals surface area contributed by atoms with E-state index >= 15 is 0 Å². The molecule has 0 unspecified atom stereocenters. The highest BCUT2D eigenvalue weighted by Crippen LogP contribution is 2.38. The predicted molar refractivity (Wildman–Crippen MR) is 66.3 cm³/mol. The molecular formula is C12H24O8. The van der Waals surface area contributed by atoms with Crippen LogP contribution in [0.4, 0.5) is 0 Å². The van der Waals surface area contributed by atoms with Gasteiger partial charge in [-0.1, -0.05) is 0 Å². The van der Waals surface area contributed by atoms with Gasteiger partial charge >= 0.3 is 0 Å². The van der Waals surface area contributed by atoms with Crippen molar-refractivity contribution in [2.24, 2.45) is 11.8 Å². The summed E-state index contributed by atoms with van der Waals surface area (Å²) in [5, 5.41) is 34.8. The van der Waals surface area contributed by atoms with Crippen molar-refractivity contribution in [3.63, 3.8) is 0 Å². The van der Waals surface area contributed by atoms with Gasteiger partial charge in [-0.3, -0.25) is 0 Å². The summed E-state index contributed by atoms with van der Waals surface area (Å²) < 4.78 is 0. The van der Waals surface area contributed by atoms with E-state index in [-0.39, 0.29) is 11.8 Å². The van der Waals surface area contributed by atoms with Crippen molar-refractivity contribution in [2.45, 2.75) is 63.9 Å². The average Bonchev–Trinajstić information content (AvgIpc) is 2.49. The molecule has 0 aromatic carbocycles. The van der Waals surface area contributed by atoms with Gasteiger partial charge in [0, 0.05) is 12.8 Å². The highest BCUT2D eigenvalue weighted by molar-refractivity contribution is 4.79. The Morgan fingerprint density at radius 3 is 1.15 bits per heavy atom. The zero-order valence-corrected chi connectivity index (χ0v) is 11.8. The maximum Gasteiger partial charge on any atom is 0.230 e. The molecule has 0 aromatic heterocycles. The van der Waals surface area contributed by atoms with Crippen LogP contribution in [0.5, 0.6) is 0 Å². The van der Waals surface area contributed by atoms with Crippen LogP contribution in [0.3, 0.4) is 0 Å². The van der Waals surface area contributed by atoms with Gasteiger partial charge in [0.15, 0.2) is 0 Å². The highest BCUT2D eigenvalue weighted by atomic mass is 17.2. The van der Waals surface area contributed by atoms with Gasteiger partial charge in [-0.05, 0) is 51.4 Å². The molecule has 120 valence electrons. The van der Waals surface area contributed by atoms with E-state index < -0.39 is 11.6 Å². The van der Waals surface area contributed by atoms with Gasteiger partial charge in [-0.25, -0.2) is 40.6 Å². The summed E-state index contributed by atoms with van der Waals surface area (Å²) >= 11 is 0. The van der Waals surface area contributed by atoms with Crippen LogP contribution in [0.25, 0.3) is 0 Å². The van der Waals surface area contributed by atoms with Crippen molar-refractivity contribution in [3.8, 4) is 0 Å². The lowest BCUT2D eigenvalue weighted by Crippen LogP contribution is -2.36. The van der Waals surface area contributed by atoms with Crippen LogP contribution in [0.2, 0.25) is 0 Å². The van der Waals surface area contributed by atoms with Crippen molar-refractivity contribution in [1.82, 2.24) is 0 Å². The first-order chi connectivity index (χ1) is 9.40. The van der Waals surface area contributed by atoms with Crippen LogP contribution < -0.4 is 0 Å². The summed E-state index contributed by atoms with van der Waals surface area (Å²) in [5.74, 6) is -2.33. The van der Waals surface area contributed by atoms with Crippen LogP contribution in [-0.4, -0.2) is 32.6 Å². The maximum atomic E-state index is 8.71. The maximum absolute atomic E-state index is 8.71. The topological polar surface area (TPSA) is 118 Å². The second-order valence-corrected chi connectivity index (χ2v) is 5.93. The Labute approximate surface area is 117 Å². The fourth-order valence-corrected chi connectivity index (χ4v) is 2.87. The first kappa shape index (κ1) is 17.7. The third kappa shape index (κ3) is 4.90. The minimum Gasteiger partial charge on any atom is -0.249 e. The molecule has 8 heteroatoms. The summed E-state index contributed by atoms with van der Waals surface area (Å²) in [6.45, 7) is 2.91. The SMILES string of the molecule is CC(CC1CCC(CC(C)(OO)OO)CC1)(OO)OO. The van der Waals surface area contributed by atoms with Crippen LogP contribution in [0.1, 0.15) is 52.4 Å². The average molecular weight is 296 g/mol. The minimum atomic E-state index is -1.41. The molecule has 1 aliphatic carbocycles. The zero-order valence-electron chi connectivity index (χ0n) is 11.8. The highest BCUT2D eigenvalue weighted by Gasteiger charge is 2.36. The molecule has 0 saturated heterocycles. The van der Waals surface area contributed by atoms with Gasteiger partial charge in [0.1, 0.15) is 0 Å². The molecule has 0 heterocycles.